The number of nitriles is 1. The number of rotatable bonds is 4. The molecule has 142 valence electrons. The van der Waals surface area contributed by atoms with Gasteiger partial charge in [0, 0.05) is 5.56 Å². The van der Waals surface area contributed by atoms with E-state index in [9.17, 15) is 4.79 Å². The van der Waals surface area contributed by atoms with Crippen molar-refractivity contribution in [3.63, 3.8) is 0 Å². The highest BCUT2D eigenvalue weighted by molar-refractivity contribution is 7.22. The Hall–Kier alpha value is -3.49. The molecule has 0 N–H and O–H groups in total. The number of thiazole rings is 1. The molecule has 0 aliphatic carbocycles. The van der Waals surface area contributed by atoms with Crippen LogP contribution in [0.2, 0.25) is 0 Å². The van der Waals surface area contributed by atoms with Crippen LogP contribution in [0, 0.1) is 25.2 Å². The minimum Gasteiger partial charge on any atom is -0.279 e. The lowest BCUT2D eigenvalue weighted by Gasteiger charge is -2.20. The molecule has 0 unspecified atom stereocenters. The van der Waals surface area contributed by atoms with Gasteiger partial charge in [-0.1, -0.05) is 47.7 Å². The van der Waals surface area contributed by atoms with Crippen LogP contribution in [0.15, 0.2) is 66.7 Å². The molecule has 3 aromatic carbocycles. The van der Waals surface area contributed by atoms with E-state index in [2.05, 4.69) is 25.1 Å². The average Bonchev–Trinajstić information content (AvgIpc) is 3.16. The predicted octanol–water partition coefficient (Wildman–Crippen LogP) is 5.63. The van der Waals surface area contributed by atoms with Gasteiger partial charge in [-0.05, 0) is 60.9 Å². The Morgan fingerprint density at radius 1 is 1.07 bits per heavy atom. The van der Waals surface area contributed by atoms with E-state index in [0.29, 0.717) is 22.8 Å². The standard InChI is InChI=1S/C24H19N3OS/c1-16-12-17(2)22-21(13-16)29-24(26-22)27(15-19-6-4-3-5-7-19)23(28)20-10-8-18(14-25)9-11-20/h3-13H,15H2,1-2H3. The van der Waals surface area contributed by atoms with Crippen LogP contribution in [0.3, 0.4) is 0 Å². The molecule has 0 atom stereocenters. The third kappa shape index (κ3) is 3.89. The Morgan fingerprint density at radius 3 is 2.48 bits per heavy atom. The highest BCUT2D eigenvalue weighted by Gasteiger charge is 2.22. The van der Waals surface area contributed by atoms with Gasteiger partial charge in [0.25, 0.3) is 5.91 Å². The van der Waals surface area contributed by atoms with Crippen LogP contribution in [0.4, 0.5) is 5.13 Å². The molecule has 0 aliphatic heterocycles. The van der Waals surface area contributed by atoms with Crippen LogP contribution < -0.4 is 4.90 Å². The van der Waals surface area contributed by atoms with E-state index in [0.717, 1.165) is 21.3 Å². The summed E-state index contributed by atoms with van der Waals surface area (Å²) in [5, 5.41) is 9.70. The van der Waals surface area contributed by atoms with Crippen LogP contribution in [-0.4, -0.2) is 10.9 Å². The topological polar surface area (TPSA) is 57.0 Å². The van der Waals surface area contributed by atoms with Crippen molar-refractivity contribution in [2.24, 2.45) is 0 Å². The van der Waals surface area contributed by atoms with Crippen LogP contribution >= 0.6 is 11.3 Å². The van der Waals surface area contributed by atoms with Crippen molar-refractivity contribution in [2.45, 2.75) is 20.4 Å². The quantitative estimate of drug-likeness (QED) is 0.448. The summed E-state index contributed by atoms with van der Waals surface area (Å²) in [6.45, 7) is 4.54. The van der Waals surface area contributed by atoms with Crippen molar-refractivity contribution in [3.05, 3.63) is 94.5 Å². The molecule has 0 fully saturated rings. The van der Waals surface area contributed by atoms with Crippen molar-refractivity contribution in [1.29, 1.82) is 5.26 Å². The maximum absolute atomic E-state index is 13.4. The summed E-state index contributed by atoms with van der Waals surface area (Å²) in [4.78, 5) is 19.9. The number of carbonyl (C=O) groups excluding carboxylic acids is 1. The monoisotopic (exact) mass is 397 g/mol. The molecule has 4 nitrogen and oxygen atoms in total. The van der Waals surface area contributed by atoms with E-state index in [1.54, 1.807) is 29.2 Å². The Balaban J connectivity index is 1.78. The molecule has 0 spiro atoms. The number of nitrogens with zero attached hydrogens (tertiary/aromatic N) is 3. The van der Waals surface area contributed by atoms with Crippen molar-refractivity contribution in [3.8, 4) is 6.07 Å². The van der Waals surface area contributed by atoms with E-state index in [4.69, 9.17) is 10.2 Å². The molecule has 0 bridgehead atoms. The second kappa shape index (κ2) is 7.86. The van der Waals surface area contributed by atoms with Gasteiger partial charge in [0.15, 0.2) is 5.13 Å². The summed E-state index contributed by atoms with van der Waals surface area (Å²) in [7, 11) is 0. The zero-order valence-corrected chi connectivity index (χ0v) is 17.0. The van der Waals surface area contributed by atoms with Crippen LogP contribution in [0.5, 0.6) is 0 Å². The zero-order chi connectivity index (χ0) is 20.4. The van der Waals surface area contributed by atoms with E-state index in [1.165, 1.54) is 16.9 Å². The molecule has 29 heavy (non-hydrogen) atoms. The number of fused-ring (bicyclic) bond motifs is 1. The largest absolute Gasteiger partial charge is 0.279 e. The lowest BCUT2D eigenvalue weighted by molar-refractivity contribution is 0.0985. The van der Waals surface area contributed by atoms with Crippen molar-refractivity contribution in [2.75, 3.05) is 4.90 Å². The zero-order valence-electron chi connectivity index (χ0n) is 16.2. The third-order valence-electron chi connectivity index (χ3n) is 4.74. The van der Waals surface area contributed by atoms with Gasteiger partial charge in [0.05, 0.1) is 28.4 Å². The number of amides is 1. The number of benzene rings is 3. The highest BCUT2D eigenvalue weighted by atomic mass is 32.1. The van der Waals surface area contributed by atoms with Crippen LogP contribution in [-0.2, 0) is 6.54 Å². The summed E-state index contributed by atoms with van der Waals surface area (Å²) in [5.41, 5.74) is 5.31. The molecule has 0 saturated carbocycles. The summed E-state index contributed by atoms with van der Waals surface area (Å²) in [5.74, 6) is -0.133. The number of aromatic nitrogens is 1. The molecule has 1 amide bonds. The van der Waals surface area contributed by atoms with Crippen LogP contribution in [0.25, 0.3) is 10.2 Å². The van der Waals surface area contributed by atoms with Crippen molar-refractivity contribution >= 4 is 32.6 Å². The summed E-state index contributed by atoms with van der Waals surface area (Å²) in [6, 6.07) is 22.9. The van der Waals surface area contributed by atoms with Crippen LogP contribution in [0.1, 0.15) is 32.6 Å². The van der Waals surface area contributed by atoms with Gasteiger partial charge >= 0.3 is 0 Å². The minimum atomic E-state index is -0.133. The van der Waals surface area contributed by atoms with Crippen molar-refractivity contribution in [1.82, 2.24) is 4.98 Å². The molecule has 1 aromatic heterocycles. The fraction of sp³-hybridized carbons (Fsp3) is 0.125. The first-order chi connectivity index (χ1) is 14.0. The number of aryl methyl sites for hydroxylation is 2. The van der Waals surface area contributed by atoms with E-state index in [1.807, 2.05) is 37.3 Å². The first kappa shape index (κ1) is 18.9. The minimum absolute atomic E-state index is 0.133. The highest BCUT2D eigenvalue weighted by Crippen LogP contribution is 2.33. The van der Waals surface area contributed by atoms with Gasteiger partial charge in [-0.3, -0.25) is 9.69 Å². The Labute approximate surface area is 173 Å². The Kier molecular flexibility index (Phi) is 5.11. The van der Waals surface area contributed by atoms with E-state index >= 15 is 0 Å². The molecule has 0 aliphatic rings. The summed E-state index contributed by atoms with van der Waals surface area (Å²) in [6.07, 6.45) is 0. The lowest BCUT2D eigenvalue weighted by atomic mass is 10.1. The molecule has 4 aromatic rings. The maximum Gasteiger partial charge on any atom is 0.260 e. The SMILES string of the molecule is Cc1cc(C)c2nc(N(Cc3ccccc3)C(=O)c3ccc(C#N)cc3)sc2c1. The lowest BCUT2D eigenvalue weighted by Crippen LogP contribution is -2.30. The normalized spacial score (nSPS) is 10.7. The molecular weight excluding hydrogens is 378 g/mol. The number of carbonyl (C=O) groups is 1. The van der Waals surface area contributed by atoms with Gasteiger partial charge in [-0.15, -0.1) is 0 Å². The first-order valence-electron chi connectivity index (χ1n) is 9.29. The average molecular weight is 398 g/mol. The third-order valence-corrected chi connectivity index (χ3v) is 5.76. The molecule has 5 heteroatoms. The molecule has 1 heterocycles. The molecule has 0 saturated heterocycles. The van der Waals surface area contributed by atoms with Gasteiger partial charge < -0.3 is 0 Å². The first-order valence-corrected chi connectivity index (χ1v) is 10.1. The number of hydrogen-bond acceptors (Lipinski definition) is 4. The van der Waals surface area contributed by atoms with Gasteiger partial charge in [-0.2, -0.15) is 5.26 Å². The van der Waals surface area contributed by atoms with Crippen molar-refractivity contribution < 1.29 is 4.79 Å². The van der Waals surface area contributed by atoms with E-state index < -0.39 is 0 Å². The second-order valence-electron chi connectivity index (χ2n) is 6.99. The summed E-state index contributed by atoms with van der Waals surface area (Å²) >= 11 is 1.53. The Bertz CT molecular complexity index is 1220. The van der Waals surface area contributed by atoms with E-state index in [-0.39, 0.29) is 5.91 Å². The second-order valence-corrected chi connectivity index (χ2v) is 8.00. The van der Waals surface area contributed by atoms with Gasteiger partial charge in [0.1, 0.15) is 0 Å². The molecule has 4 rings (SSSR count). The maximum atomic E-state index is 13.4. The summed E-state index contributed by atoms with van der Waals surface area (Å²) < 4.78 is 1.07. The van der Waals surface area contributed by atoms with Gasteiger partial charge in [-0.25, -0.2) is 4.98 Å². The molecular formula is C24H19N3OS. The smallest absolute Gasteiger partial charge is 0.260 e. The predicted molar refractivity (Wildman–Crippen MR) is 117 cm³/mol. The van der Waals surface area contributed by atoms with Gasteiger partial charge in [0.2, 0.25) is 0 Å². The number of anilines is 1. The Morgan fingerprint density at radius 2 is 1.79 bits per heavy atom. The number of hydrogen-bond donors (Lipinski definition) is 0. The fourth-order valence-corrected chi connectivity index (χ4v) is 4.45. The molecule has 0 radical (unpaired) electrons. The fourth-order valence-electron chi connectivity index (χ4n) is 3.31.